The van der Waals surface area contributed by atoms with E-state index in [1.54, 1.807) is 36.4 Å². The Morgan fingerprint density at radius 1 is 1.05 bits per heavy atom. The predicted molar refractivity (Wildman–Crippen MR) is 68.1 cm³/mol. The maximum atomic E-state index is 13.1. The van der Waals surface area contributed by atoms with Gasteiger partial charge in [0.1, 0.15) is 11.3 Å². The number of furan rings is 1. The maximum absolute atomic E-state index is 13.1. The second-order valence-corrected chi connectivity index (χ2v) is 5.08. The fourth-order valence-corrected chi connectivity index (χ4v) is 2.33. The van der Waals surface area contributed by atoms with Crippen molar-refractivity contribution in [3.8, 4) is 0 Å². The quantitative estimate of drug-likeness (QED) is 0.914. The van der Waals surface area contributed by atoms with Crippen LogP contribution in [-0.2, 0) is 0 Å². The summed E-state index contributed by atoms with van der Waals surface area (Å²) in [5, 5.41) is 2.74. The first kappa shape index (κ1) is 13.2. The van der Waals surface area contributed by atoms with E-state index >= 15 is 0 Å². The van der Waals surface area contributed by atoms with Gasteiger partial charge in [-0.25, -0.2) is 0 Å². The number of benzene rings is 1. The number of halogens is 3. The van der Waals surface area contributed by atoms with Crippen LogP contribution < -0.4 is 5.32 Å². The normalized spacial score (nSPS) is 18.8. The summed E-state index contributed by atoms with van der Waals surface area (Å²) in [6.45, 7) is 0. The monoisotopic (exact) mass is 281 g/mol. The Morgan fingerprint density at radius 2 is 1.75 bits per heavy atom. The minimum atomic E-state index is -4.24. The molecule has 1 atom stereocenters. The van der Waals surface area contributed by atoms with E-state index in [0.717, 1.165) is 5.56 Å². The molecule has 0 saturated heterocycles. The van der Waals surface area contributed by atoms with E-state index in [-0.39, 0.29) is 12.8 Å². The van der Waals surface area contributed by atoms with E-state index in [4.69, 9.17) is 4.42 Å². The van der Waals surface area contributed by atoms with Crippen molar-refractivity contribution in [2.24, 2.45) is 0 Å². The summed E-state index contributed by atoms with van der Waals surface area (Å²) in [5.41, 5.74) is -1.02. The molecule has 1 aromatic carbocycles. The molecule has 1 saturated carbocycles. The standard InChI is InChI=1S/C15H14F3NO/c16-15(17,18)14(8-9-14)19-13(12-7-4-10-20-12)11-5-2-1-3-6-11/h1-7,10,13,19H,8-9H2. The lowest BCUT2D eigenvalue weighted by Gasteiger charge is -2.26. The van der Waals surface area contributed by atoms with Crippen LogP contribution in [-0.4, -0.2) is 11.7 Å². The molecule has 1 unspecified atom stereocenters. The van der Waals surface area contributed by atoms with Crippen LogP contribution in [0.2, 0.25) is 0 Å². The number of alkyl halides is 3. The van der Waals surface area contributed by atoms with E-state index in [1.807, 2.05) is 6.07 Å². The summed E-state index contributed by atoms with van der Waals surface area (Å²) in [7, 11) is 0. The van der Waals surface area contributed by atoms with Gasteiger partial charge in [-0.15, -0.1) is 0 Å². The van der Waals surface area contributed by atoms with Crippen molar-refractivity contribution in [3.05, 3.63) is 60.1 Å². The molecule has 106 valence electrons. The van der Waals surface area contributed by atoms with Crippen LogP contribution in [0.15, 0.2) is 53.1 Å². The molecule has 3 rings (SSSR count). The van der Waals surface area contributed by atoms with Crippen LogP contribution >= 0.6 is 0 Å². The molecule has 1 fully saturated rings. The Morgan fingerprint density at radius 3 is 2.25 bits per heavy atom. The minimum absolute atomic E-state index is 0.112. The molecule has 0 spiro atoms. The zero-order valence-corrected chi connectivity index (χ0v) is 10.7. The lowest BCUT2D eigenvalue weighted by atomic mass is 10.0. The summed E-state index contributed by atoms with van der Waals surface area (Å²) in [6.07, 6.45) is -2.55. The van der Waals surface area contributed by atoms with Crippen LogP contribution in [0.3, 0.4) is 0 Å². The number of nitrogens with one attached hydrogen (secondary N) is 1. The number of hydrogen-bond acceptors (Lipinski definition) is 2. The first-order valence-electron chi connectivity index (χ1n) is 6.45. The third kappa shape index (κ3) is 2.33. The van der Waals surface area contributed by atoms with Gasteiger partial charge in [0.05, 0.1) is 12.3 Å². The van der Waals surface area contributed by atoms with Crippen LogP contribution in [0.25, 0.3) is 0 Å². The first-order chi connectivity index (χ1) is 9.52. The van der Waals surface area contributed by atoms with Crippen molar-refractivity contribution in [1.29, 1.82) is 0 Å². The van der Waals surface area contributed by atoms with Crippen molar-refractivity contribution in [1.82, 2.24) is 5.32 Å². The van der Waals surface area contributed by atoms with Gasteiger partial charge < -0.3 is 4.42 Å². The highest BCUT2D eigenvalue weighted by molar-refractivity contribution is 5.28. The molecular weight excluding hydrogens is 267 g/mol. The average molecular weight is 281 g/mol. The highest BCUT2D eigenvalue weighted by Gasteiger charge is 2.64. The number of hydrogen-bond donors (Lipinski definition) is 1. The van der Waals surface area contributed by atoms with Gasteiger partial charge in [0.2, 0.25) is 0 Å². The van der Waals surface area contributed by atoms with Gasteiger partial charge >= 0.3 is 6.18 Å². The highest BCUT2D eigenvalue weighted by Crippen LogP contribution is 2.50. The van der Waals surface area contributed by atoms with Crippen molar-refractivity contribution >= 4 is 0 Å². The summed E-state index contributed by atoms with van der Waals surface area (Å²) < 4.78 is 44.7. The molecule has 0 aliphatic heterocycles. The predicted octanol–water partition coefficient (Wildman–Crippen LogP) is 4.05. The Hall–Kier alpha value is -1.75. The van der Waals surface area contributed by atoms with Gasteiger partial charge in [0.25, 0.3) is 0 Å². The molecule has 1 aromatic heterocycles. The van der Waals surface area contributed by atoms with E-state index in [2.05, 4.69) is 5.32 Å². The third-order valence-corrected chi connectivity index (χ3v) is 3.67. The fourth-order valence-electron chi connectivity index (χ4n) is 2.33. The molecule has 1 aliphatic carbocycles. The highest BCUT2D eigenvalue weighted by atomic mass is 19.4. The summed E-state index contributed by atoms with van der Waals surface area (Å²) in [6, 6.07) is 11.8. The SMILES string of the molecule is FC(F)(F)C1(NC(c2ccccc2)c2ccco2)CC1. The Kier molecular flexibility index (Phi) is 3.09. The number of rotatable bonds is 4. The van der Waals surface area contributed by atoms with Gasteiger partial charge in [-0.05, 0) is 30.5 Å². The lowest BCUT2D eigenvalue weighted by molar-refractivity contribution is -0.167. The third-order valence-electron chi connectivity index (χ3n) is 3.67. The van der Waals surface area contributed by atoms with Gasteiger partial charge in [0.15, 0.2) is 0 Å². The molecule has 1 N–H and O–H groups in total. The average Bonchev–Trinajstić information content (AvgIpc) is 3.03. The summed E-state index contributed by atoms with van der Waals surface area (Å²) in [4.78, 5) is 0. The van der Waals surface area contributed by atoms with E-state index in [0.29, 0.717) is 5.76 Å². The van der Waals surface area contributed by atoms with Crippen LogP contribution in [0.1, 0.15) is 30.2 Å². The van der Waals surface area contributed by atoms with Crippen molar-refractivity contribution < 1.29 is 17.6 Å². The van der Waals surface area contributed by atoms with Gasteiger partial charge in [-0.3, -0.25) is 5.32 Å². The summed E-state index contributed by atoms with van der Waals surface area (Å²) in [5.74, 6) is 0.492. The van der Waals surface area contributed by atoms with E-state index < -0.39 is 17.8 Å². The van der Waals surface area contributed by atoms with Crippen molar-refractivity contribution in [2.75, 3.05) is 0 Å². The largest absolute Gasteiger partial charge is 0.467 e. The Balaban J connectivity index is 1.92. The van der Waals surface area contributed by atoms with Gasteiger partial charge in [-0.1, -0.05) is 30.3 Å². The lowest BCUT2D eigenvalue weighted by Crippen LogP contribution is -2.46. The summed E-state index contributed by atoms with van der Waals surface area (Å²) >= 11 is 0. The molecule has 2 aromatic rings. The maximum Gasteiger partial charge on any atom is 0.406 e. The van der Waals surface area contributed by atoms with E-state index in [1.165, 1.54) is 6.26 Å². The zero-order chi connectivity index (χ0) is 14.2. The van der Waals surface area contributed by atoms with Gasteiger partial charge in [-0.2, -0.15) is 13.2 Å². The van der Waals surface area contributed by atoms with E-state index in [9.17, 15) is 13.2 Å². The second-order valence-electron chi connectivity index (χ2n) is 5.08. The zero-order valence-electron chi connectivity index (χ0n) is 10.7. The Bertz CT molecular complexity index is 559. The van der Waals surface area contributed by atoms with Gasteiger partial charge in [0, 0.05) is 0 Å². The molecule has 1 aliphatic rings. The smallest absolute Gasteiger partial charge is 0.406 e. The van der Waals surface area contributed by atoms with Crippen molar-refractivity contribution in [2.45, 2.75) is 30.6 Å². The van der Waals surface area contributed by atoms with Crippen LogP contribution in [0.4, 0.5) is 13.2 Å². The van der Waals surface area contributed by atoms with Crippen LogP contribution in [0, 0.1) is 0 Å². The minimum Gasteiger partial charge on any atom is -0.467 e. The molecular formula is C15H14F3NO. The Labute approximate surface area is 114 Å². The molecule has 2 nitrogen and oxygen atoms in total. The first-order valence-corrected chi connectivity index (χ1v) is 6.45. The molecule has 0 bridgehead atoms. The molecule has 1 heterocycles. The van der Waals surface area contributed by atoms with Crippen molar-refractivity contribution in [3.63, 3.8) is 0 Å². The van der Waals surface area contributed by atoms with Crippen LogP contribution in [0.5, 0.6) is 0 Å². The second kappa shape index (κ2) is 4.66. The molecule has 5 heteroatoms. The molecule has 20 heavy (non-hydrogen) atoms. The fraction of sp³-hybridized carbons (Fsp3) is 0.333. The topological polar surface area (TPSA) is 25.2 Å². The molecule has 0 radical (unpaired) electrons. The molecule has 0 amide bonds.